The Balaban J connectivity index is 1.48. The molecule has 0 aliphatic heterocycles. The fraction of sp³-hybridized carbons (Fsp3) is 0.615. The Morgan fingerprint density at radius 3 is 2.52 bits per heavy atom. The van der Waals surface area contributed by atoms with Crippen molar-refractivity contribution in [3.8, 4) is 0 Å². The van der Waals surface area contributed by atoms with E-state index in [2.05, 4.69) is 57.2 Å². The van der Waals surface area contributed by atoms with E-state index in [9.17, 15) is 5.11 Å². The van der Waals surface area contributed by atoms with Crippen LogP contribution in [0.5, 0.6) is 0 Å². The molecule has 1 N–H and O–H groups in total. The number of allylic oxidation sites excluding steroid dienone is 4. The number of fused-ring (bicyclic) bond motifs is 5. The fourth-order valence-electron chi connectivity index (χ4n) is 7.29. The van der Waals surface area contributed by atoms with Crippen molar-refractivity contribution in [2.45, 2.75) is 71.8 Å². The number of aliphatic hydroxyl groups is 1. The van der Waals surface area contributed by atoms with Crippen LogP contribution in [0.4, 0.5) is 0 Å². The molecule has 6 atom stereocenters. The number of rotatable bonds is 1. The molecule has 0 aromatic heterocycles. The second kappa shape index (κ2) is 6.08. The summed E-state index contributed by atoms with van der Waals surface area (Å²) in [6, 6.07) is 9.06. The summed E-state index contributed by atoms with van der Waals surface area (Å²) >= 11 is 0. The zero-order valence-corrected chi connectivity index (χ0v) is 17.2. The van der Waals surface area contributed by atoms with Gasteiger partial charge in [-0.3, -0.25) is 0 Å². The molecule has 5 rings (SSSR count). The largest absolute Gasteiger partial charge is 0.393 e. The molecule has 4 aliphatic rings. The van der Waals surface area contributed by atoms with Crippen molar-refractivity contribution in [2.24, 2.45) is 28.6 Å². The highest BCUT2D eigenvalue weighted by molar-refractivity contribution is 5.70. The highest BCUT2D eigenvalue weighted by atomic mass is 16.3. The predicted octanol–water partition coefficient (Wildman–Crippen LogP) is 6.31. The van der Waals surface area contributed by atoms with Gasteiger partial charge in [-0.15, -0.1) is 0 Å². The lowest BCUT2D eigenvalue weighted by atomic mass is 9.48. The molecule has 1 nitrogen and oxygen atoms in total. The Hall–Kier alpha value is -1.34. The third-order valence-corrected chi connectivity index (χ3v) is 9.14. The van der Waals surface area contributed by atoms with E-state index in [0.29, 0.717) is 5.41 Å². The van der Waals surface area contributed by atoms with Crippen LogP contribution >= 0.6 is 0 Å². The number of aliphatic hydroxyl groups excluding tert-OH is 1. The maximum Gasteiger partial charge on any atom is 0.0596 e. The molecule has 0 bridgehead atoms. The molecule has 0 amide bonds. The molecule has 1 heteroatoms. The summed E-state index contributed by atoms with van der Waals surface area (Å²) in [5.74, 6) is 2.31. The van der Waals surface area contributed by atoms with Crippen LogP contribution in [0.1, 0.15) is 69.9 Å². The van der Waals surface area contributed by atoms with E-state index in [0.717, 1.165) is 24.2 Å². The Bertz CT molecular complexity index is 800. The molecular weight excluding hydrogens is 328 g/mol. The van der Waals surface area contributed by atoms with Crippen LogP contribution in [0, 0.1) is 35.5 Å². The number of aryl methyl sites for hydroxylation is 1. The highest BCUT2D eigenvalue weighted by Crippen LogP contribution is 2.64. The Kier molecular flexibility index (Phi) is 3.99. The third-order valence-electron chi connectivity index (χ3n) is 9.14. The first-order valence-corrected chi connectivity index (χ1v) is 11.1. The first kappa shape index (κ1) is 17.7. The molecule has 1 aromatic rings. The van der Waals surface area contributed by atoms with E-state index >= 15 is 0 Å². The molecule has 0 saturated heterocycles. The first-order chi connectivity index (χ1) is 12.9. The zero-order valence-electron chi connectivity index (χ0n) is 17.2. The molecule has 0 spiro atoms. The molecule has 4 aliphatic carbocycles. The molecule has 0 heterocycles. The van der Waals surface area contributed by atoms with Crippen molar-refractivity contribution in [3.63, 3.8) is 0 Å². The van der Waals surface area contributed by atoms with Crippen molar-refractivity contribution in [2.75, 3.05) is 0 Å². The molecule has 2 fully saturated rings. The van der Waals surface area contributed by atoms with Crippen molar-refractivity contribution < 1.29 is 5.11 Å². The quantitative estimate of drug-likeness (QED) is 0.620. The van der Waals surface area contributed by atoms with Crippen molar-refractivity contribution in [3.05, 3.63) is 53.1 Å². The molecule has 0 radical (unpaired) electrons. The summed E-state index contributed by atoms with van der Waals surface area (Å²) in [6.45, 7) is 7.09. The van der Waals surface area contributed by atoms with Gasteiger partial charge in [0.15, 0.2) is 0 Å². The summed E-state index contributed by atoms with van der Waals surface area (Å²) in [6.07, 6.45) is 13.5. The molecule has 2 saturated carbocycles. The van der Waals surface area contributed by atoms with Gasteiger partial charge in [-0.25, -0.2) is 0 Å². The molecule has 1 aromatic carbocycles. The lowest BCUT2D eigenvalue weighted by Crippen LogP contribution is -2.50. The first-order valence-electron chi connectivity index (χ1n) is 11.1. The lowest BCUT2D eigenvalue weighted by molar-refractivity contribution is -0.0622. The normalized spacial score (nSPS) is 43.3. The van der Waals surface area contributed by atoms with Gasteiger partial charge < -0.3 is 5.11 Å². The Morgan fingerprint density at radius 1 is 0.963 bits per heavy atom. The SMILES string of the molecule is Cc1ccc(C2=CC3=CC[C@@H]4[C@H](CC[C@]5(C)C(O)CC[C@@H]45)[C@@]3(C)CC2)cc1. The van der Waals surface area contributed by atoms with Crippen molar-refractivity contribution in [1.29, 1.82) is 0 Å². The van der Waals surface area contributed by atoms with Gasteiger partial charge in [-0.2, -0.15) is 0 Å². The minimum Gasteiger partial charge on any atom is -0.393 e. The standard InChI is InChI=1S/C26H34O/c1-17-4-6-18(7-5-17)19-12-14-25(2)20(16-19)8-9-21-22-10-11-24(27)26(22,3)15-13-23(21)25/h4-8,16,21-24,27H,9-15H2,1-3H3/t21-,22-,23-,24?,25-,26-/m0/s1. The molecule has 1 unspecified atom stereocenters. The smallest absolute Gasteiger partial charge is 0.0596 e. The minimum absolute atomic E-state index is 0.0685. The summed E-state index contributed by atoms with van der Waals surface area (Å²) in [7, 11) is 0. The Labute approximate surface area is 164 Å². The number of hydrogen-bond acceptors (Lipinski definition) is 1. The summed E-state index contributed by atoms with van der Waals surface area (Å²) in [4.78, 5) is 0. The lowest BCUT2D eigenvalue weighted by Gasteiger charge is -2.56. The van der Waals surface area contributed by atoms with Crippen molar-refractivity contribution in [1.82, 2.24) is 0 Å². The molecule has 27 heavy (non-hydrogen) atoms. The zero-order chi connectivity index (χ0) is 18.8. The van der Waals surface area contributed by atoms with Crippen LogP contribution < -0.4 is 0 Å². The van der Waals surface area contributed by atoms with Gasteiger partial charge in [0.25, 0.3) is 0 Å². The molecule has 144 valence electrons. The van der Waals surface area contributed by atoms with Crippen LogP contribution in [0.2, 0.25) is 0 Å². The average Bonchev–Trinajstić information content (AvgIpc) is 2.97. The average molecular weight is 363 g/mol. The summed E-state index contributed by atoms with van der Waals surface area (Å²) in [5, 5.41) is 10.6. The summed E-state index contributed by atoms with van der Waals surface area (Å²) < 4.78 is 0. The van der Waals surface area contributed by atoms with Crippen molar-refractivity contribution >= 4 is 5.57 Å². The maximum atomic E-state index is 10.6. The number of hydrogen-bond donors (Lipinski definition) is 1. The van der Waals surface area contributed by atoms with Gasteiger partial charge in [0.1, 0.15) is 0 Å². The van der Waals surface area contributed by atoms with E-state index in [1.165, 1.54) is 55.2 Å². The van der Waals surface area contributed by atoms with Gasteiger partial charge in [0.2, 0.25) is 0 Å². The van der Waals surface area contributed by atoms with Gasteiger partial charge in [-0.05, 0) is 97.2 Å². The topological polar surface area (TPSA) is 20.2 Å². The summed E-state index contributed by atoms with van der Waals surface area (Å²) in [5.41, 5.74) is 6.39. The predicted molar refractivity (Wildman–Crippen MR) is 112 cm³/mol. The second-order valence-corrected chi connectivity index (χ2v) is 10.4. The van der Waals surface area contributed by atoms with Crippen LogP contribution in [0.25, 0.3) is 5.57 Å². The van der Waals surface area contributed by atoms with Crippen LogP contribution in [-0.2, 0) is 0 Å². The second-order valence-electron chi connectivity index (χ2n) is 10.4. The highest BCUT2D eigenvalue weighted by Gasteiger charge is 2.57. The minimum atomic E-state index is -0.0685. The fourth-order valence-corrected chi connectivity index (χ4v) is 7.29. The van der Waals surface area contributed by atoms with Gasteiger partial charge in [0, 0.05) is 0 Å². The van der Waals surface area contributed by atoms with Crippen LogP contribution in [-0.4, -0.2) is 11.2 Å². The Morgan fingerprint density at radius 2 is 1.74 bits per heavy atom. The van der Waals surface area contributed by atoms with E-state index in [1.54, 1.807) is 5.57 Å². The van der Waals surface area contributed by atoms with Gasteiger partial charge in [0.05, 0.1) is 6.10 Å². The van der Waals surface area contributed by atoms with E-state index in [-0.39, 0.29) is 11.5 Å². The monoisotopic (exact) mass is 362 g/mol. The maximum absolute atomic E-state index is 10.6. The third kappa shape index (κ3) is 2.54. The van der Waals surface area contributed by atoms with Gasteiger partial charge in [-0.1, -0.05) is 55.8 Å². The van der Waals surface area contributed by atoms with Crippen LogP contribution in [0.15, 0.2) is 42.0 Å². The van der Waals surface area contributed by atoms with E-state index in [4.69, 9.17) is 0 Å². The van der Waals surface area contributed by atoms with Crippen LogP contribution in [0.3, 0.4) is 0 Å². The van der Waals surface area contributed by atoms with E-state index in [1.807, 2.05) is 0 Å². The van der Waals surface area contributed by atoms with Gasteiger partial charge >= 0.3 is 0 Å². The molecular formula is C26H34O. The van der Waals surface area contributed by atoms with E-state index < -0.39 is 0 Å². The number of benzene rings is 1.